The third-order valence-corrected chi connectivity index (χ3v) is 3.60. The molecule has 0 amide bonds. The molecule has 0 unspecified atom stereocenters. The second-order valence-electron chi connectivity index (χ2n) is 5.37. The van der Waals surface area contributed by atoms with Crippen LogP contribution in [0, 0.1) is 0 Å². The molecule has 0 saturated carbocycles. The van der Waals surface area contributed by atoms with Gasteiger partial charge in [0.2, 0.25) is 5.41 Å². The smallest absolute Gasteiger partial charge is 0.411 e. The highest BCUT2D eigenvalue weighted by Gasteiger charge is 2.72. The average Bonchev–Trinajstić information content (AvgIpc) is 2.32. The molecule has 2 rings (SSSR count). The lowest BCUT2D eigenvalue weighted by molar-refractivity contribution is -0.288. The first-order valence-corrected chi connectivity index (χ1v) is 6.62. The van der Waals surface area contributed by atoms with Gasteiger partial charge < -0.3 is 21.7 Å². The van der Waals surface area contributed by atoms with E-state index >= 15 is 0 Å². The number of nitrogen functional groups attached to an aromatic ring is 2. The predicted octanol–water partition coefficient (Wildman–Crippen LogP) is 3.67. The van der Waals surface area contributed by atoms with Gasteiger partial charge in [-0.1, -0.05) is 0 Å². The first kappa shape index (κ1) is 18.6. The van der Waals surface area contributed by atoms with Crippen LogP contribution in [0.15, 0.2) is 36.4 Å². The molecule has 2 aromatic rings. The van der Waals surface area contributed by atoms with Gasteiger partial charge in [0, 0.05) is 23.5 Å². The molecule has 10 heteroatoms. The number of benzene rings is 2. The van der Waals surface area contributed by atoms with Gasteiger partial charge in [-0.15, -0.1) is 0 Å². The van der Waals surface area contributed by atoms with Gasteiger partial charge >= 0.3 is 12.4 Å². The fourth-order valence-electron chi connectivity index (χ4n) is 2.68. The maximum Gasteiger partial charge on any atom is 0.411 e. The van der Waals surface area contributed by atoms with Crippen LogP contribution in [-0.4, -0.2) is 22.6 Å². The number of alkyl halides is 6. The third-order valence-electron chi connectivity index (χ3n) is 3.60. The Bertz CT molecular complexity index is 694. The lowest BCUT2D eigenvalue weighted by atomic mass is 9.72. The van der Waals surface area contributed by atoms with Crippen molar-refractivity contribution < 1.29 is 36.6 Å². The number of hydrogen-bond acceptors (Lipinski definition) is 4. The van der Waals surface area contributed by atoms with E-state index in [1.54, 1.807) is 0 Å². The van der Waals surface area contributed by atoms with E-state index in [2.05, 4.69) is 0 Å². The van der Waals surface area contributed by atoms with Crippen LogP contribution in [0.1, 0.15) is 11.1 Å². The zero-order valence-electron chi connectivity index (χ0n) is 12.3. The minimum atomic E-state index is -5.88. The van der Waals surface area contributed by atoms with E-state index < -0.39 is 51.8 Å². The molecule has 0 aliphatic carbocycles. The molecular formula is C15H12F6N2O2. The average molecular weight is 366 g/mol. The molecule has 0 saturated heterocycles. The predicted molar refractivity (Wildman–Crippen MR) is 77.9 cm³/mol. The second-order valence-corrected chi connectivity index (χ2v) is 5.37. The Morgan fingerprint density at radius 2 is 0.920 bits per heavy atom. The summed E-state index contributed by atoms with van der Waals surface area (Å²) in [5.41, 5.74) is 2.37. The van der Waals surface area contributed by atoms with Crippen LogP contribution in [0.5, 0.6) is 11.5 Å². The Morgan fingerprint density at radius 1 is 0.600 bits per heavy atom. The number of halogens is 6. The summed E-state index contributed by atoms with van der Waals surface area (Å²) in [7, 11) is 0. The van der Waals surface area contributed by atoms with Crippen molar-refractivity contribution in [1.82, 2.24) is 0 Å². The Balaban J connectivity index is 3.02. The number of aromatic hydroxyl groups is 2. The maximum absolute atomic E-state index is 13.8. The van der Waals surface area contributed by atoms with Gasteiger partial charge in [-0.05, 0) is 35.4 Å². The van der Waals surface area contributed by atoms with E-state index in [4.69, 9.17) is 11.5 Å². The largest absolute Gasteiger partial charge is 0.508 e. The van der Waals surface area contributed by atoms with Crippen LogP contribution in [0.4, 0.5) is 37.7 Å². The Kier molecular flexibility index (Phi) is 4.19. The van der Waals surface area contributed by atoms with Gasteiger partial charge in [-0.3, -0.25) is 0 Å². The van der Waals surface area contributed by atoms with Crippen molar-refractivity contribution in [2.75, 3.05) is 11.5 Å². The minimum Gasteiger partial charge on any atom is -0.508 e. The molecule has 2 aromatic carbocycles. The minimum absolute atomic E-state index is 0.317. The molecule has 0 fully saturated rings. The molecule has 0 spiro atoms. The molecule has 0 aromatic heterocycles. The van der Waals surface area contributed by atoms with Gasteiger partial charge in [0.05, 0.1) is 0 Å². The molecule has 136 valence electrons. The van der Waals surface area contributed by atoms with Crippen LogP contribution in [0.25, 0.3) is 0 Å². The molecular weight excluding hydrogens is 354 g/mol. The summed E-state index contributed by atoms with van der Waals surface area (Å²) in [6.45, 7) is 0. The fraction of sp³-hybridized carbons (Fsp3) is 0.200. The maximum atomic E-state index is 13.8. The molecule has 0 aliphatic rings. The number of rotatable bonds is 2. The van der Waals surface area contributed by atoms with Crippen LogP contribution in [0.3, 0.4) is 0 Å². The summed E-state index contributed by atoms with van der Waals surface area (Å²) in [6, 6.07) is 3.16. The molecule has 6 N–H and O–H groups in total. The lowest BCUT2D eigenvalue weighted by Gasteiger charge is -2.38. The van der Waals surface area contributed by atoms with Gasteiger partial charge in [-0.2, -0.15) is 26.3 Å². The highest BCUT2D eigenvalue weighted by atomic mass is 19.4. The summed E-state index contributed by atoms with van der Waals surface area (Å²) in [6.07, 6.45) is -11.8. The number of phenols is 2. The van der Waals surface area contributed by atoms with Gasteiger partial charge in [0.1, 0.15) is 11.5 Å². The van der Waals surface area contributed by atoms with E-state index in [9.17, 15) is 36.6 Å². The topological polar surface area (TPSA) is 92.5 Å². The summed E-state index contributed by atoms with van der Waals surface area (Å²) in [4.78, 5) is 0. The van der Waals surface area contributed by atoms with Crippen molar-refractivity contribution in [3.8, 4) is 11.5 Å². The third kappa shape index (κ3) is 2.99. The summed E-state index contributed by atoms with van der Waals surface area (Å²) >= 11 is 0. The van der Waals surface area contributed by atoms with Gasteiger partial charge in [0.25, 0.3) is 0 Å². The molecule has 25 heavy (non-hydrogen) atoms. The lowest BCUT2D eigenvalue weighted by Crippen LogP contribution is -2.54. The Labute approximate surface area is 137 Å². The van der Waals surface area contributed by atoms with Crippen molar-refractivity contribution in [3.05, 3.63) is 47.5 Å². The van der Waals surface area contributed by atoms with Crippen LogP contribution in [0.2, 0.25) is 0 Å². The summed E-state index contributed by atoms with van der Waals surface area (Å²) < 4.78 is 82.8. The zero-order chi connectivity index (χ0) is 19.2. The Hall–Kier alpha value is -2.78. The van der Waals surface area contributed by atoms with E-state index in [0.717, 1.165) is 12.1 Å². The number of nitrogens with two attached hydrogens (primary N) is 2. The zero-order valence-corrected chi connectivity index (χ0v) is 12.3. The van der Waals surface area contributed by atoms with Crippen LogP contribution >= 0.6 is 0 Å². The van der Waals surface area contributed by atoms with Crippen molar-refractivity contribution >= 4 is 11.4 Å². The Morgan fingerprint density at radius 3 is 1.16 bits per heavy atom. The molecule has 0 aliphatic heterocycles. The SMILES string of the molecule is Nc1cc(O)cc(C(c2cc(N)cc(O)c2)(C(F)(F)F)C(F)(F)F)c1. The van der Waals surface area contributed by atoms with Crippen LogP contribution < -0.4 is 11.5 Å². The highest BCUT2D eigenvalue weighted by molar-refractivity contribution is 5.58. The summed E-state index contributed by atoms with van der Waals surface area (Å²) in [5, 5.41) is 18.9. The number of anilines is 2. The molecule has 4 nitrogen and oxygen atoms in total. The standard InChI is InChI=1S/C15H12F6N2O2/c16-14(17,18)13(15(19,20)21,7-1-9(22)5-11(24)3-7)8-2-10(23)6-12(25)4-8/h1-6,24-25H,22-23H2. The van der Waals surface area contributed by atoms with Gasteiger partial charge in [-0.25, -0.2) is 0 Å². The van der Waals surface area contributed by atoms with E-state index in [1.807, 2.05) is 0 Å². The molecule has 0 heterocycles. The number of hydrogen-bond donors (Lipinski definition) is 4. The molecule has 0 atom stereocenters. The van der Waals surface area contributed by atoms with E-state index in [0.29, 0.717) is 24.3 Å². The van der Waals surface area contributed by atoms with Crippen molar-refractivity contribution in [1.29, 1.82) is 0 Å². The monoisotopic (exact) mass is 366 g/mol. The second kappa shape index (κ2) is 5.64. The van der Waals surface area contributed by atoms with Crippen molar-refractivity contribution in [3.63, 3.8) is 0 Å². The summed E-state index contributed by atoms with van der Waals surface area (Å²) in [5.74, 6) is -1.75. The highest BCUT2D eigenvalue weighted by Crippen LogP contribution is 2.57. The van der Waals surface area contributed by atoms with E-state index in [-0.39, 0.29) is 0 Å². The fourth-order valence-corrected chi connectivity index (χ4v) is 2.68. The first-order chi connectivity index (χ1) is 11.3. The van der Waals surface area contributed by atoms with E-state index in [1.165, 1.54) is 0 Å². The normalized spacial score (nSPS) is 13.0. The van der Waals surface area contributed by atoms with Crippen LogP contribution in [-0.2, 0) is 5.41 Å². The van der Waals surface area contributed by atoms with Crippen molar-refractivity contribution in [2.45, 2.75) is 17.8 Å². The van der Waals surface area contributed by atoms with Gasteiger partial charge in [0.15, 0.2) is 0 Å². The molecule has 0 radical (unpaired) electrons. The first-order valence-electron chi connectivity index (χ1n) is 6.62. The molecule has 0 bridgehead atoms. The quantitative estimate of drug-likeness (QED) is 0.482. The number of phenolic OH excluding ortho intramolecular Hbond substituents is 2. The van der Waals surface area contributed by atoms with Crippen molar-refractivity contribution in [2.24, 2.45) is 0 Å².